The molecule has 1 aliphatic heterocycles. The van der Waals surface area contributed by atoms with E-state index in [9.17, 15) is 8.42 Å². The van der Waals surface area contributed by atoms with Crippen molar-refractivity contribution in [2.45, 2.75) is 4.90 Å². The predicted molar refractivity (Wildman–Crippen MR) is 140 cm³/mol. The normalized spacial score (nSPS) is 13.0. The Morgan fingerprint density at radius 1 is 0.629 bits per heavy atom. The average Bonchev–Trinajstić information content (AvgIpc) is 2.91. The second kappa shape index (κ2) is 7.25. The van der Waals surface area contributed by atoms with E-state index >= 15 is 0 Å². The van der Waals surface area contributed by atoms with E-state index in [0.717, 1.165) is 16.3 Å². The van der Waals surface area contributed by atoms with Crippen molar-refractivity contribution >= 4 is 65.6 Å². The number of hydrogen-bond acceptors (Lipinski definition) is 5. The first-order valence-corrected chi connectivity index (χ1v) is 12.6. The molecule has 0 atom stereocenters. The minimum atomic E-state index is -3.98. The number of nitrogens with one attached hydrogen (secondary N) is 1. The van der Waals surface area contributed by atoms with Crippen molar-refractivity contribution < 1.29 is 8.42 Å². The Bertz CT molecular complexity index is 1900. The van der Waals surface area contributed by atoms with Gasteiger partial charge in [0.1, 0.15) is 11.2 Å². The van der Waals surface area contributed by atoms with E-state index in [2.05, 4.69) is 5.32 Å². The number of para-hydroxylation sites is 4. The predicted octanol–water partition coefficient (Wildman–Crippen LogP) is 6.52. The van der Waals surface area contributed by atoms with Gasteiger partial charge in [0.25, 0.3) is 10.0 Å². The van der Waals surface area contributed by atoms with Gasteiger partial charge in [-0.2, -0.15) is 0 Å². The molecule has 0 amide bonds. The molecule has 0 bridgehead atoms. The van der Waals surface area contributed by atoms with Gasteiger partial charge in [-0.25, -0.2) is 22.7 Å². The van der Waals surface area contributed by atoms with Crippen molar-refractivity contribution in [3.05, 3.63) is 103 Å². The van der Waals surface area contributed by atoms with Gasteiger partial charge in [0, 0.05) is 10.8 Å². The van der Waals surface area contributed by atoms with Crippen molar-refractivity contribution in [2.75, 3.05) is 9.62 Å². The zero-order valence-corrected chi connectivity index (χ0v) is 19.2. The molecule has 7 rings (SSSR count). The van der Waals surface area contributed by atoms with Gasteiger partial charge in [-0.05, 0) is 36.4 Å². The van der Waals surface area contributed by atoms with Gasteiger partial charge >= 0.3 is 0 Å². The van der Waals surface area contributed by atoms with Crippen molar-refractivity contribution in [1.82, 2.24) is 9.97 Å². The third-order valence-electron chi connectivity index (χ3n) is 6.35. The number of rotatable bonds is 2. The highest BCUT2D eigenvalue weighted by atomic mass is 32.2. The highest BCUT2D eigenvalue weighted by Crippen LogP contribution is 2.52. The molecule has 6 aromatic rings. The molecule has 1 aliphatic rings. The molecule has 168 valence electrons. The van der Waals surface area contributed by atoms with Crippen LogP contribution in [0.3, 0.4) is 0 Å². The first-order chi connectivity index (χ1) is 17.1. The van der Waals surface area contributed by atoms with E-state index in [1.54, 1.807) is 36.4 Å². The van der Waals surface area contributed by atoms with Crippen LogP contribution < -0.4 is 9.62 Å². The van der Waals surface area contributed by atoms with Gasteiger partial charge in [0.15, 0.2) is 0 Å². The van der Waals surface area contributed by atoms with Crippen LogP contribution in [0, 0.1) is 0 Å². The smallest absolute Gasteiger partial charge is 0.268 e. The Morgan fingerprint density at radius 3 is 2.00 bits per heavy atom. The van der Waals surface area contributed by atoms with Gasteiger partial charge in [0.2, 0.25) is 0 Å². The van der Waals surface area contributed by atoms with Gasteiger partial charge < -0.3 is 5.32 Å². The SMILES string of the molecule is O=S(=O)(c1ccccc1)N1c2ccccc2Nc2c1c1nc3ccccc3nc1c1ccccc21. The van der Waals surface area contributed by atoms with Crippen LogP contribution in [-0.2, 0) is 10.0 Å². The van der Waals surface area contributed by atoms with Gasteiger partial charge in [-0.1, -0.05) is 66.7 Å². The third kappa shape index (κ3) is 2.85. The first-order valence-electron chi connectivity index (χ1n) is 11.2. The molecule has 0 spiro atoms. The summed E-state index contributed by atoms with van der Waals surface area (Å²) in [7, 11) is -3.98. The summed E-state index contributed by atoms with van der Waals surface area (Å²) in [4.78, 5) is 10.1. The van der Waals surface area contributed by atoms with E-state index in [1.807, 2.05) is 66.7 Å². The summed E-state index contributed by atoms with van der Waals surface area (Å²) < 4.78 is 29.8. The number of anilines is 4. The summed E-state index contributed by atoms with van der Waals surface area (Å²) in [5.74, 6) is 0. The van der Waals surface area contributed by atoms with E-state index in [0.29, 0.717) is 39.3 Å². The molecule has 6 nitrogen and oxygen atoms in total. The number of benzene rings is 5. The maximum atomic E-state index is 14.2. The molecule has 1 aromatic heterocycles. The second-order valence-electron chi connectivity index (χ2n) is 8.40. The standard InChI is InChI=1S/C28H18N4O2S/c33-35(34,18-10-2-1-3-11-18)32-24-17-9-8-16-23(24)31-26-20-13-5-4-12-19(20)25-27(28(26)32)30-22-15-7-6-14-21(22)29-25/h1-17,31H. The lowest BCUT2D eigenvalue weighted by Crippen LogP contribution is -2.30. The zero-order chi connectivity index (χ0) is 23.6. The lowest BCUT2D eigenvalue weighted by molar-refractivity contribution is 0.596. The Kier molecular flexibility index (Phi) is 4.13. The van der Waals surface area contributed by atoms with Crippen molar-refractivity contribution in [3.63, 3.8) is 0 Å². The molecule has 0 saturated heterocycles. The van der Waals surface area contributed by atoms with Gasteiger partial charge in [0.05, 0.1) is 38.5 Å². The molecule has 5 aromatic carbocycles. The topological polar surface area (TPSA) is 75.2 Å². The molecule has 0 fully saturated rings. The van der Waals surface area contributed by atoms with Crippen LogP contribution in [0.5, 0.6) is 0 Å². The molecule has 0 unspecified atom stereocenters. The molecule has 35 heavy (non-hydrogen) atoms. The van der Waals surface area contributed by atoms with Crippen LogP contribution in [0.15, 0.2) is 108 Å². The molecule has 7 heteroatoms. The number of hydrogen-bond donors (Lipinski definition) is 1. The van der Waals surface area contributed by atoms with Crippen LogP contribution in [0.2, 0.25) is 0 Å². The van der Waals surface area contributed by atoms with Crippen molar-refractivity contribution in [1.29, 1.82) is 0 Å². The Balaban J connectivity index is 1.69. The summed E-state index contributed by atoms with van der Waals surface area (Å²) >= 11 is 0. The van der Waals surface area contributed by atoms with E-state index < -0.39 is 10.0 Å². The summed E-state index contributed by atoms with van der Waals surface area (Å²) in [5, 5.41) is 5.29. The zero-order valence-electron chi connectivity index (χ0n) is 18.4. The second-order valence-corrected chi connectivity index (χ2v) is 10.2. The molecule has 0 saturated carbocycles. The van der Waals surface area contributed by atoms with Gasteiger partial charge in [-0.3, -0.25) is 0 Å². The summed E-state index contributed by atoms with van der Waals surface area (Å²) in [6.45, 7) is 0. The van der Waals surface area contributed by atoms with E-state index in [4.69, 9.17) is 9.97 Å². The van der Waals surface area contributed by atoms with Crippen LogP contribution in [0.25, 0.3) is 32.8 Å². The minimum Gasteiger partial charge on any atom is -0.351 e. The molecular weight excluding hydrogens is 456 g/mol. The molecule has 0 aliphatic carbocycles. The molecule has 2 heterocycles. The lowest BCUT2D eigenvalue weighted by atomic mass is 10.0. The number of aromatic nitrogens is 2. The van der Waals surface area contributed by atoms with Crippen LogP contribution >= 0.6 is 0 Å². The molecule has 0 radical (unpaired) electrons. The van der Waals surface area contributed by atoms with Crippen LogP contribution in [0.1, 0.15) is 0 Å². The number of fused-ring (bicyclic) bond motifs is 8. The van der Waals surface area contributed by atoms with Crippen LogP contribution in [-0.4, -0.2) is 18.4 Å². The van der Waals surface area contributed by atoms with Crippen molar-refractivity contribution in [2.24, 2.45) is 0 Å². The van der Waals surface area contributed by atoms with E-state index in [1.165, 1.54) is 4.31 Å². The maximum absolute atomic E-state index is 14.2. The summed E-state index contributed by atoms with van der Waals surface area (Å²) in [6, 6.07) is 31.4. The monoisotopic (exact) mass is 474 g/mol. The average molecular weight is 475 g/mol. The van der Waals surface area contributed by atoms with E-state index in [-0.39, 0.29) is 4.90 Å². The highest BCUT2D eigenvalue weighted by Gasteiger charge is 2.36. The van der Waals surface area contributed by atoms with Gasteiger partial charge in [-0.15, -0.1) is 0 Å². The Hall–Kier alpha value is -4.49. The first kappa shape index (κ1) is 19.9. The maximum Gasteiger partial charge on any atom is 0.268 e. The summed E-state index contributed by atoms with van der Waals surface area (Å²) in [5.41, 5.74) is 5.05. The minimum absolute atomic E-state index is 0.206. The van der Waals surface area contributed by atoms with Crippen molar-refractivity contribution in [3.8, 4) is 0 Å². The number of sulfonamides is 1. The Labute approximate surface area is 201 Å². The fraction of sp³-hybridized carbons (Fsp3) is 0. The molecular formula is C28H18N4O2S. The largest absolute Gasteiger partial charge is 0.351 e. The quantitative estimate of drug-likeness (QED) is 0.228. The fourth-order valence-corrected chi connectivity index (χ4v) is 6.34. The Morgan fingerprint density at radius 2 is 1.23 bits per heavy atom. The molecule has 1 N–H and O–H groups in total. The van der Waals surface area contributed by atoms with Crippen LogP contribution in [0.4, 0.5) is 22.7 Å². The fourth-order valence-electron chi connectivity index (χ4n) is 4.79. The number of nitrogens with zero attached hydrogens (tertiary/aromatic N) is 3. The highest BCUT2D eigenvalue weighted by molar-refractivity contribution is 7.93. The lowest BCUT2D eigenvalue weighted by Gasteiger charge is -2.34. The summed E-state index contributed by atoms with van der Waals surface area (Å²) in [6.07, 6.45) is 0. The third-order valence-corrected chi connectivity index (χ3v) is 8.08.